The van der Waals surface area contributed by atoms with E-state index in [2.05, 4.69) is 16.6 Å². The molecule has 0 aliphatic carbocycles. The zero-order valence-electron chi connectivity index (χ0n) is 13.0. The number of hydrogen-bond donors (Lipinski definition) is 1. The second-order valence-corrected chi connectivity index (χ2v) is 5.46. The van der Waals surface area contributed by atoms with E-state index in [9.17, 15) is 14.4 Å². The molecule has 0 fully saturated rings. The van der Waals surface area contributed by atoms with E-state index in [4.69, 9.17) is 9.47 Å². The molecule has 0 aliphatic heterocycles. The monoisotopic (exact) mass is 333 g/mol. The van der Waals surface area contributed by atoms with Gasteiger partial charge < -0.3 is 19.5 Å². The molecule has 0 heterocycles. The van der Waals surface area contributed by atoms with Crippen molar-refractivity contribution < 1.29 is 28.6 Å². The van der Waals surface area contributed by atoms with Gasteiger partial charge in [0.15, 0.2) is 0 Å². The van der Waals surface area contributed by atoms with Gasteiger partial charge in [-0.05, 0) is 12.7 Å². The van der Waals surface area contributed by atoms with Gasteiger partial charge in [-0.15, -0.1) is 0 Å². The Labute approximate surface area is 134 Å². The summed E-state index contributed by atoms with van der Waals surface area (Å²) in [6.45, 7) is 7.16. The Morgan fingerprint density at radius 1 is 1.27 bits per heavy atom. The van der Waals surface area contributed by atoms with E-state index in [1.165, 1.54) is 0 Å². The lowest BCUT2D eigenvalue weighted by Gasteiger charge is -2.12. The molecule has 0 saturated heterocycles. The highest BCUT2D eigenvalue weighted by atomic mass is 32.2. The Balaban J connectivity index is 3.60. The zero-order valence-corrected chi connectivity index (χ0v) is 13.8. The molecule has 126 valence electrons. The van der Waals surface area contributed by atoms with Crippen LogP contribution >= 0.6 is 11.8 Å². The Hall–Kier alpha value is -1.70. The van der Waals surface area contributed by atoms with Crippen LogP contribution in [0.15, 0.2) is 12.7 Å². The number of alkyl carbamates (subject to hydrolysis) is 1. The first kappa shape index (κ1) is 20.3. The van der Waals surface area contributed by atoms with E-state index < -0.39 is 18.0 Å². The molecule has 1 unspecified atom stereocenters. The number of carbonyl (C=O) groups excluding carboxylic acids is 3. The first-order valence-corrected chi connectivity index (χ1v) is 8.12. The zero-order chi connectivity index (χ0) is 16.8. The molecule has 22 heavy (non-hydrogen) atoms. The molecule has 1 atom stereocenters. The maximum atomic E-state index is 11.5. The number of ether oxygens (including phenoxy) is 3. The van der Waals surface area contributed by atoms with Crippen LogP contribution in [0, 0.1) is 0 Å². The first-order chi connectivity index (χ1) is 10.5. The molecule has 1 N–H and O–H groups in total. The van der Waals surface area contributed by atoms with Gasteiger partial charge in [0.1, 0.15) is 19.3 Å². The predicted octanol–water partition coefficient (Wildman–Crippen LogP) is 1.52. The second-order valence-electron chi connectivity index (χ2n) is 4.14. The molecule has 0 saturated carbocycles. The number of thioether (sulfide) groups is 1. The van der Waals surface area contributed by atoms with Crippen molar-refractivity contribution in [1.82, 2.24) is 5.32 Å². The molecular weight excluding hydrogens is 310 g/mol. The highest BCUT2D eigenvalue weighted by Crippen LogP contribution is 2.05. The van der Waals surface area contributed by atoms with Gasteiger partial charge in [-0.3, -0.25) is 4.79 Å². The molecule has 0 aromatic rings. The van der Waals surface area contributed by atoms with E-state index >= 15 is 0 Å². The maximum Gasteiger partial charge on any atom is 0.407 e. The maximum absolute atomic E-state index is 11.5. The molecule has 8 heteroatoms. The Morgan fingerprint density at radius 2 is 2.00 bits per heavy atom. The molecule has 0 radical (unpaired) electrons. The molecule has 1 amide bonds. The molecular formula is C14H23NO6S. The van der Waals surface area contributed by atoms with Crippen LogP contribution in [0.25, 0.3) is 0 Å². The summed E-state index contributed by atoms with van der Waals surface area (Å²) in [7, 11) is 0. The van der Waals surface area contributed by atoms with Crippen molar-refractivity contribution in [3.05, 3.63) is 12.7 Å². The number of carbonyl (C=O) groups is 3. The molecule has 0 aromatic carbocycles. The SMILES string of the molecule is C=CC(=O)OCCNC(=O)OCCC(=O)OC(C)CSCC. The largest absolute Gasteiger partial charge is 0.462 e. The van der Waals surface area contributed by atoms with Crippen LogP contribution in [0.1, 0.15) is 20.3 Å². The van der Waals surface area contributed by atoms with Gasteiger partial charge in [-0.2, -0.15) is 11.8 Å². The molecule has 0 aromatic heterocycles. The first-order valence-electron chi connectivity index (χ1n) is 6.96. The normalized spacial score (nSPS) is 11.2. The van der Waals surface area contributed by atoms with Crippen LogP contribution in [0.5, 0.6) is 0 Å². The third-order valence-electron chi connectivity index (χ3n) is 2.21. The summed E-state index contributed by atoms with van der Waals surface area (Å²) in [4.78, 5) is 33.4. The van der Waals surface area contributed by atoms with Gasteiger partial charge in [0.05, 0.1) is 13.0 Å². The number of rotatable bonds is 11. The van der Waals surface area contributed by atoms with E-state index in [0.29, 0.717) is 0 Å². The van der Waals surface area contributed by atoms with Crippen LogP contribution in [0.4, 0.5) is 4.79 Å². The number of amides is 1. The smallest absolute Gasteiger partial charge is 0.407 e. The topological polar surface area (TPSA) is 90.9 Å². The standard InChI is InChI=1S/C14H23NO6S/c1-4-12(16)19-9-7-15-14(18)20-8-6-13(17)21-11(3)10-22-5-2/h4,11H,1,5-10H2,2-3H3,(H,15,18). The van der Waals surface area contributed by atoms with Crippen LogP contribution < -0.4 is 5.32 Å². The van der Waals surface area contributed by atoms with E-state index in [-0.39, 0.29) is 32.3 Å². The highest BCUT2D eigenvalue weighted by Gasteiger charge is 2.10. The van der Waals surface area contributed by atoms with Crippen molar-refractivity contribution in [1.29, 1.82) is 0 Å². The summed E-state index contributed by atoms with van der Waals surface area (Å²) in [5.41, 5.74) is 0. The van der Waals surface area contributed by atoms with Gasteiger partial charge in [-0.25, -0.2) is 9.59 Å². The van der Waals surface area contributed by atoms with Crippen LogP contribution in [0.2, 0.25) is 0 Å². The fraction of sp³-hybridized carbons (Fsp3) is 0.643. The lowest BCUT2D eigenvalue weighted by molar-refractivity contribution is -0.148. The molecule has 0 rings (SSSR count). The summed E-state index contributed by atoms with van der Waals surface area (Å²) in [5, 5.41) is 2.38. The third kappa shape index (κ3) is 12.1. The quantitative estimate of drug-likeness (QED) is 0.265. The van der Waals surface area contributed by atoms with Crippen molar-refractivity contribution in [2.45, 2.75) is 26.4 Å². The van der Waals surface area contributed by atoms with Crippen LogP contribution in [-0.2, 0) is 23.8 Å². The molecule has 0 spiro atoms. The fourth-order valence-electron chi connectivity index (χ4n) is 1.24. The average molecular weight is 333 g/mol. The number of esters is 2. The lowest BCUT2D eigenvalue weighted by Crippen LogP contribution is -2.29. The van der Waals surface area contributed by atoms with Gasteiger partial charge >= 0.3 is 18.0 Å². The molecule has 0 bridgehead atoms. The molecule has 7 nitrogen and oxygen atoms in total. The van der Waals surface area contributed by atoms with Gasteiger partial charge in [-0.1, -0.05) is 13.5 Å². The van der Waals surface area contributed by atoms with E-state index in [0.717, 1.165) is 17.6 Å². The summed E-state index contributed by atoms with van der Waals surface area (Å²) >= 11 is 1.69. The third-order valence-corrected chi connectivity index (χ3v) is 3.32. The minimum absolute atomic E-state index is 0.00000171. The summed E-state index contributed by atoms with van der Waals surface area (Å²) in [6.07, 6.45) is 0.187. The minimum atomic E-state index is -0.683. The summed E-state index contributed by atoms with van der Waals surface area (Å²) < 4.78 is 14.6. The fourth-order valence-corrected chi connectivity index (χ4v) is 1.88. The van der Waals surface area contributed by atoms with Crippen molar-refractivity contribution >= 4 is 29.8 Å². The number of nitrogens with one attached hydrogen (secondary N) is 1. The average Bonchev–Trinajstić information content (AvgIpc) is 2.49. The van der Waals surface area contributed by atoms with Crippen molar-refractivity contribution in [2.24, 2.45) is 0 Å². The second kappa shape index (κ2) is 13.0. The Morgan fingerprint density at radius 3 is 2.64 bits per heavy atom. The van der Waals surface area contributed by atoms with Crippen molar-refractivity contribution in [3.8, 4) is 0 Å². The molecule has 0 aliphatic rings. The van der Waals surface area contributed by atoms with Gasteiger partial charge in [0, 0.05) is 11.8 Å². The summed E-state index contributed by atoms with van der Waals surface area (Å²) in [5.74, 6) is 0.741. The predicted molar refractivity (Wildman–Crippen MR) is 83.7 cm³/mol. The van der Waals surface area contributed by atoms with Crippen LogP contribution in [-0.4, -0.2) is 55.4 Å². The minimum Gasteiger partial charge on any atom is -0.462 e. The lowest BCUT2D eigenvalue weighted by atomic mass is 10.4. The Bertz CT molecular complexity index is 374. The number of hydrogen-bond acceptors (Lipinski definition) is 7. The van der Waals surface area contributed by atoms with Gasteiger partial charge in [0.2, 0.25) is 0 Å². The van der Waals surface area contributed by atoms with E-state index in [1.807, 2.05) is 13.8 Å². The van der Waals surface area contributed by atoms with E-state index in [1.54, 1.807) is 11.8 Å². The van der Waals surface area contributed by atoms with Crippen molar-refractivity contribution in [2.75, 3.05) is 31.3 Å². The van der Waals surface area contributed by atoms with Crippen molar-refractivity contribution in [3.63, 3.8) is 0 Å². The Kier molecular flexibility index (Phi) is 12.0. The van der Waals surface area contributed by atoms with Gasteiger partial charge in [0.25, 0.3) is 0 Å². The van der Waals surface area contributed by atoms with Crippen LogP contribution in [0.3, 0.4) is 0 Å². The summed E-state index contributed by atoms with van der Waals surface area (Å²) in [6, 6.07) is 0. The highest BCUT2D eigenvalue weighted by molar-refractivity contribution is 7.99.